The van der Waals surface area contributed by atoms with Crippen LogP contribution >= 0.6 is 0 Å². The van der Waals surface area contributed by atoms with Gasteiger partial charge in [-0.3, -0.25) is 9.36 Å². The molecule has 7 heteroatoms. The van der Waals surface area contributed by atoms with Gasteiger partial charge >= 0.3 is 6.03 Å². The van der Waals surface area contributed by atoms with Crippen molar-refractivity contribution in [1.29, 1.82) is 0 Å². The second-order valence-corrected chi connectivity index (χ2v) is 9.38. The van der Waals surface area contributed by atoms with Crippen LogP contribution in [0.3, 0.4) is 0 Å². The van der Waals surface area contributed by atoms with Gasteiger partial charge in [0, 0.05) is 12.2 Å². The molecule has 4 aromatic carbocycles. The first-order valence-electron chi connectivity index (χ1n) is 12.9. The highest BCUT2D eigenvalue weighted by Crippen LogP contribution is 2.26. The summed E-state index contributed by atoms with van der Waals surface area (Å²) in [5.74, 6) is -0.0238. The summed E-state index contributed by atoms with van der Waals surface area (Å²) in [6.45, 7) is 4.17. The number of carbonyl (C=O) groups excluding carboxylic acids is 1. The minimum absolute atomic E-state index is 0.211. The number of urea groups is 1. The predicted molar refractivity (Wildman–Crippen MR) is 153 cm³/mol. The number of rotatable bonds is 7. The third kappa shape index (κ3) is 5.57. The Labute approximate surface area is 226 Å². The van der Waals surface area contributed by atoms with E-state index in [-0.39, 0.29) is 12.1 Å². The number of hydrogen-bond acceptors (Lipinski definition) is 3. The number of anilines is 1. The molecule has 0 bridgehead atoms. The fourth-order valence-corrected chi connectivity index (χ4v) is 4.63. The van der Waals surface area contributed by atoms with Crippen LogP contribution in [0.5, 0.6) is 0 Å². The quantitative estimate of drug-likeness (QED) is 0.254. The van der Waals surface area contributed by atoms with Crippen LogP contribution in [-0.2, 0) is 13.0 Å². The second kappa shape index (κ2) is 11.3. The zero-order valence-corrected chi connectivity index (χ0v) is 21.8. The van der Waals surface area contributed by atoms with Crippen molar-refractivity contribution in [1.82, 2.24) is 14.5 Å². The standard InChI is InChI=1S/C32H29FN4O2/c1-3-23-16-18-27(19-17-23)37-30(35-29-15-8-7-14-28(29)31(37)38)22(2)36(21-24-10-5-4-6-11-24)32(39)34-26-13-9-12-25(33)20-26/h4-20,22H,3,21H2,1-2H3,(H,34,39). The molecule has 196 valence electrons. The fourth-order valence-electron chi connectivity index (χ4n) is 4.63. The molecule has 5 aromatic rings. The highest BCUT2D eigenvalue weighted by Gasteiger charge is 2.27. The number of carbonyl (C=O) groups is 1. The van der Waals surface area contributed by atoms with E-state index in [1.54, 1.807) is 33.7 Å². The first-order valence-corrected chi connectivity index (χ1v) is 12.9. The van der Waals surface area contributed by atoms with Gasteiger partial charge in [-0.1, -0.05) is 67.6 Å². The molecule has 0 radical (unpaired) electrons. The maximum atomic E-state index is 13.9. The average molecular weight is 521 g/mol. The van der Waals surface area contributed by atoms with Crippen LogP contribution in [0, 0.1) is 5.82 Å². The lowest BCUT2D eigenvalue weighted by Crippen LogP contribution is -2.39. The lowest BCUT2D eigenvalue weighted by molar-refractivity contribution is 0.185. The minimum atomic E-state index is -0.623. The molecular weight excluding hydrogens is 491 g/mol. The predicted octanol–water partition coefficient (Wildman–Crippen LogP) is 6.88. The Balaban J connectivity index is 1.64. The van der Waals surface area contributed by atoms with Gasteiger partial charge in [-0.25, -0.2) is 14.2 Å². The number of nitrogens with zero attached hydrogens (tertiary/aromatic N) is 3. The summed E-state index contributed by atoms with van der Waals surface area (Å²) in [5, 5.41) is 3.30. The van der Waals surface area contributed by atoms with E-state index in [2.05, 4.69) is 12.2 Å². The topological polar surface area (TPSA) is 67.2 Å². The number of amides is 2. The molecule has 6 nitrogen and oxygen atoms in total. The van der Waals surface area contributed by atoms with Crippen molar-refractivity contribution in [3.8, 4) is 5.69 Å². The summed E-state index contributed by atoms with van der Waals surface area (Å²) in [5.41, 5.74) is 3.40. The molecule has 5 rings (SSSR count). The average Bonchev–Trinajstić information content (AvgIpc) is 2.96. The maximum Gasteiger partial charge on any atom is 0.322 e. The summed E-state index contributed by atoms with van der Waals surface area (Å²) in [6.07, 6.45) is 0.875. The second-order valence-electron chi connectivity index (χ2n) is 9.38. The highest BCUT2D eigenvalue weighted by atomic mass is 19.1. The molecule has 0 fully saturated rings. The molecule has 0 aliphatic heterocycles. The molecule has 0 aliphatic rings. The Hall–Kier alpha value is -4.78. The van der Waals surface area contributed by atoms with E-state index in [0.717, 1.165) is 17.5 Å². The summed E-state index contributed by atoms with van der Waals surface area (Å²) >= 11 is 0. The van der Waals surface area contributed by atoms with Crippen LogP contribution in [0.15, 0.2) is 108 Å². The summed E-state index contributed by atoms with van der Waals surface area (Å²) in [7, 11) is 0. The van der Waals surface area contributed by atoms with Gasteiger partial charge in [0.2, 0.25) is 0 Å². The van der Waals surface area contributed by atoms with E-state index in [1.807, 2.05) is 73.7 Å². The van der Waals surface area contributed by atoms with Crippen molar-refractivity contribution in [3.63, 3.8) is 0 Å². The minimum Gasteiger partial charge on any atom is -0.310 e. The fraction of sp³-hybridized carbons (Fsp3) is 0.156. The van der Waals surface area contributed by atoms with Gasteiger partial charge in [-0.05, 0) is 66.9 Å². The van der Waals surface area contributed by atoms with Crippen molar-refractivity contribution in [2.75, 3.05) is 5.32 Å². The van der Waals surface area contributed by atoms with E-state index >= 15 is 0 Å². The van der Waals surface area contributed by atoms with Crippen LogP contribution in [0.25, 0.3) is 16.6 Å². The third-order valence-corrected chi connectivity index (χ3v) is 6.78. The molecule has 1 unspecified atom stereocenters. The number of fused-ring (bicyclic) bond motifs is 1. The van der Waals surface area contributed by atoms with Gasteiger partial charge in [-0.2, -0.15) is 0 Å². The molecule has 1 aromatic heterocycles. The number of halogens is 1. The molecule has 1 N–H and O–H groups in total. The van der Waals surface area contributed by atoms with Gasteiger partial charge in [0.25, 0.3) is 5.56 Å². The van der Waals surface area contributed by atoms with Crippen molar-refractivity contribution in [2.24, 2.45) is 0 Å². The number of hydrogen-bond donors (Lipinski definition) is 1. The smallest absolute Gasteiger partial charge is 0.310 e. The van der Waals surface area contributed by atoms with Crippen LogP contribution in [0.1, 0.15) is 36.8 Å². The molecule has 1 atom stereocenters. The van der Waals surface area contributed by atoms with Gasteiger partial charge in [0.15, 0.2) is 0 Å². The van der Waals surface area contributed by atoms with Crippen LogP contribution in [-0.4, -0.2) is 20.5 Å². The summed E-state index contributed by atoms with van der Waals surface area (Å²) < 4.78 is 15.4. The van der Waals surface area contributed by atoms with Gasteiger partial charge < -0.3 is 10.2 Å². The summed E-state index contributed by atoms with van der Waals surface area (Å²) in [4.78, 5) is 34.1. The molecule has 1 heterocycles. The molecule has 39 heavy (non-hydrogen) atoms. The van der Waals surface area contributed by atoms with E-state index < -0.39 is 17.9 Å². The van der Waals surface area contributed by atoms with Gasteiger partial charge in [-0.15, -0.1) is 0 Å². The van der Waals surface area contributed by atoms with Crippen LogP contribution < -0.4 is 10.9 Å². The van der Waals surface area contributed by atoms with Crippen molar-refractivity contribution >= 4 is 22.6 Å². The Morgan fingerprint density at radius 3 is 2.36 bits per heavy atom. The Kier molecular flexibility index (Phi) is 7.50. The summed E-state index contributed by atoms with van der Waals surface area (Å²) in [6, 6.07) is 29.3. The number of aromatic nitrogens is 2. The SMILES string of the molecule is CCc1ccc(-n2c(C(C)N(Cc3ccccc3)C(=O)Nc3cccc(F)c3)nc3ccccc3c2=O)cc1. The molecule has 0 saturated heterocycles. The lowest BCUT2D eigenvalue weighted by atomic mass is 10.1. The van der Waals surface area contributed by atoms with Gasteiger partial charge in [0.05, 0.1) is 22.6 Å². The van der Waals surface area contributed by atoms with E-state index in [4.69, 9.17) is 4.98 Å². The normalized spacial score (nSPS) is 11.8. The maximum absolute atomic E-state index is 13.9. The monoisotopic (exact) mass is 520 g/mol. The van der Waals surface area contributed by atoms with Crippen molar-refractivity contribution < 1.29 is 9.18 Å². The highest BCUT2D eigenvalue weighted by molar-refractivity contribution is 5.89. The van der Waals surface area contributed by atoms with Crippen molar-refractivity contribution in [2.45, 2.75) is 32.9 Å². The molecular formula is C32H29FN4O2. The Morgan fingerprint density at radius 2 is 1.64 bits per heavy atom. The number of para-hydroxylation sites is 1. The van der Waals surface area contributed by atoms with Crippen LogP contribution in [0.2, 0.25) is 0 Å². The molecule has 0 spiro atoms. The number of benzene rings is 4. The van der Waals surface area contributed by atoms with Crippen LogP contribution in [0.4, 0.5) is 14.9 Å². The zero-order chi connectivity index (χ0) is 27.4. The molecule has 2 amide bonds. The van der Waals surface area contributed by atoms with Gasteiger partial charge in [0.1, 0.15) is 11.6 Å². The lowest BCUT2D eigenvalue weighted by Gasteiger charge is -2.31. The first kappa shape index (κ1) is 25.9. The Morgan fingerprint density at radius 1 is 0.923 bits per heavy atom. The van der Waals surface area contributed by atoms with E-state index in [9.17, 15) is 14.0 Å². The van der Waals surface area contributed by atoms with E-state index in [0.29, 0.717) is 28.1 Å². The number of nitrogens with one attached hydrogen (secondary N) is 1. The zero-order valence-electron chi connectivity index (χ0n) is 21.8. The largest absolute Gasteiger partial charge is 0.322 e. The van der Waals surface area contributed by atoms with Crippen molar-refractivity contribution in [3.05, 3.63) is 136 Å². The molecule has 0 aliphatic carbocycles. The molecule has 0 saturated carbocycles. The Bertz CT molecular complexity index is 1670. The number of aryl methyl sites for hydroxylation is 1. The third-order valence-electron chi connectivity index (χ3n) is 6.78. The van der Waals surface area contributed by atoms with E-state index in [1.165, 1.54) is 12.1 Å². The first-order chi connectivity index (χ1) is 18.9.